The molecule has 0 amide bonds. The van der Waals surface area contributed by atoms with Crippen LogP contribution in [0.2, 0.25) is 0 Å². The van der Waals surface area contributed by atoms with Crippen molar-refractivity contribution < 1.29 is 9.13 Å². The van der Waals surface area contributed by atoms with Crippen LogP contribution in [0.1, 0.15) is 23.4 Å². The molecule has 0 aliphatic heterocycles. The summed E-state index contributed by atoms with van der Waals surface area (Å²) in [5.74, 6) is 0.375. The van der Waals surface area contributed by atoms with Crippen LogP contribution in [0.25, 0.3) is 0 Å². The summed E-state index contributed by atoms with van der Waals surface area (Å²) in [5, 5.41) is -0.475. The lowest BCUT2D eigenvalue weighted by Gasteiger charge is -2.16. The molecule has 1 unspecified atom stereocenters. The van der Waals surface area contributed by atoms with Gasteiger partial charge in [-0.1, -0.05) is 22.0 Å². The molecule has 106 valence electrons. The Kier molecular flexibility index (Phi) is 5.47. The van der Waals surface area contributed by atoms with Crippen molar-refractivity contribution in [1.29, 1.82) is 0 Å². The van der Waals surface area contributed by atoms with Gasteiger partial charge in [-0.3, -0.25) is 0 Å². The first-order valence-corrected chi connectivity index (χ1v) is 8.06. The Balaban J connectivity index is 2.43. The van der Waals surface area contributed by atoms with Crippen LogP contribution in [0.3, 0.4) is 0 Å². The molecule has 0 saturated heterocycles. The van der Waals surface area contributed by atoms with Gasteiger partial charge in [0.1, 0.15) is 11.6 Å². The fourth-order valence-electron chi connectivity index (χ4n) is 1.85. The van der Waals surface area contributed by atoms with Gasteiger partial charge in [-0.15, -0.1) is 11.6 Å². The zero-order valence-electron chi connectivity index (χ0n) is 10.7. The number of rotatable bonds is 4. The molecule has 2 aromatic carbocycles. The molecular formula is C15H12Br2ClFO. The van der Waals surface area contributed by atoms with E-state index in [1.165, 1.54) is 6.07 Å². The quantitative estimate of drug-likeness (QED) is 0.543. The third-order valence-corrected chi connectivity index (χ3v) is 4.40. The molecular weight excluding hydrogens is 410 g/mol. The van der Waals surface area contributed by atoms with Gasteiger partial charge in [0.05, 0.1) is 16.5 Å². The summed E-state index contributed by atoms with van der Waals surface area (Å²) >= 11 is 13.0. The number of benzene rings is 2. The molecule has 1 nitrogen and oxygen atoms in total. The zero-order chi connectivity index (χ0) is 14.7. The van der Waals surface area contributed by atoms with Gasteiger partial charge >= 0.3 is 0 Å². The lowest BCUT2D eigenvalue weighted by Crippen LogP contribution is -2.01. The lowest BCUT2D eigenvalue weighted by molar-refractivity contribution is 0.337. The van der Waals surface area contributed by atoms with Crippen LogP contribution in [0.4, 0.5) is 4.39 Å². The highest BCUT2D eigenvalue weighted by atomic mass is 79.9. The first-order chi connectivity index (χ1) is 9.52. The van der Waals surface area contributed by atoms with Gasteiger partial charge in [-0.25, -0.2) is 4.39 Å². The third-order valence-electron chi connectivity index (χ3n) is 2.78. The van der Waals surface area contributed by atoms with Gasteiger partial charge in [-0.05, 0) is 58.7 Å². The normalized spacial score (nSPS) is 12.2. The van der Waals surface area contributed by atoms with E-state index in [4.69, 9.17) is 16.3 Å². The van der Waals surface area contributed by atoms with E-state index >= 15 is 0 Å². The monoisotopic (exact) mass is 420 g/mol. The van der Waals surface area contributed by atoms with E-state index < -0.39 is 5.38 Å². The van der Waals surface area contributed by atoms with Crippen LogP contribution in [0.15, 0.2) is 45.3 Å². The summed E-state index contributed by atoms with van der Waals surface area (Å²) in [6.45, 7) is 2.46. The van der Waals surface area contributed by atoms with E-state index in [-0.39, 0.29) is 5.82 Å². The Bertz CT molecular complexity index is 619. The summed E-state index contributed by atoms with van der Waals surface area (Å²) in [7, 11) is 0. The molecule has 0 saturated carbocycles. The summed E-state index contributed by atoms with van der Waals surface area (Å²) in [6, 6.07) is 10.5. The van der Waals surface area contributed by atoms with Crippen LogP contribution in [0.5, 0.6) is 5.75 Å². The highest BCUT2D eigenvalue weighted by Gasteiger charge is 2.17. The van der Waals surface area contributed by atoms with Crippen molar-refractivity contribution in [3.63, 3.8) is 0 Å². The van der Waals surface area contributed by atoms with Crippen LogP contribution in [0, 0.1) is 5.82 Å². The molecule has 2 aromatic rings. The standard InChI is InChI=1S/C15H12Br2ClFO/c1-2-20-14-6-4-10(16)8-11(14)15(18)9-3-5-12(17)13(19)7-9/h3-8,15H,2H2,1H3. The molecule has 0 bridgehead atoms. The molecule has 0 aliphatic carbocycles. The molecule has 0 heterocycles. The SMILES string of the molecule is CCOc1ccc(Br)cc1C(Cl)c1ccc(Br)c(F)c1. The molecule has 0 aromatic heterocycles. The lowest BCUT2D eigenvalue weighted by atomic mass is 10.0. The Morgan fingerprint density at radius 2 is 1.95 bits per heavy atom. The van der Waals surface area contributed by atoms with E-state index in [9.17, 15) is 4.39 Å². The van der Waals surface area contributed by atoms with E-state index in [0.29, 0.717) is 22.4 Å². The number of halogens is 4. The Morgan fingerprint density at radius 1 is 1.20 bits per heavy atom. The molecule has 2 rings (SSSR count). The fraction of sp³-hybridized carbons (Fsp3) is 0.200. The third kappa shape index (κ3) is 3.54. The molecule has 0 fully saturated rings. The maximum atomic E-state index is 13.6. The van der Waals surface area contributed by atoms with Gasteiger partial charge in [0, 0.05) is 10.0 Å². The van der Waals surface area contributed by atoms with E-state index in [1.807, 2.05) is 25.1 Å². The molecule has 0 radical (unpaired) electrons. The second-order valence-electron chi connectivity index (χ2n) is 4.15. The fourth-order valence-corrected chi connectivity index (χ4v) is 2.79. The average molecular weight is 423 g/mol. The van der Waals surface area contributed by atoms with E-state index in [1.54, 1.807) is 12.1 Å². The van der Waals surface area contributed by atoms with Crippen molar-refractivity contribution in [2.24, 2.45) is 0 Å². The number of ether oxygens (including phenoxy) is 1. The van der Waals surface area contributed by atoms with Crippen molar-refractivity contribution in [2.75, 3.05) is 6.61 Å². The van der Waals surface area contributed by atoms with Crippen LogP contribution < -0.4 is 4.74 Å². The molecule has 20 heavy (non-hydrogen) atoms. The maximum Gasteiger partial charge on any atom is 0.137 e. The zero-order valence-corrected chi connectivity index (χ0v) is 14.6. The second kappa shape index (κ2) is 6.92. The minimum atomic E-state index is -0.475. The van der Waals surface area contributed by atoms with Gasteiger partial charge in [-0.2, -0.15) is 0 Å². The largest absolute Gasteiger partial charge is 0.494 e. The smallest absolute Gasteiger partial charge is 0.137 e. The predicted molar refractivity (Wildman–Crippen MR) is 87.1 cm³/mol. The molecule has 0 aliphatic rings. The first-order valence-electron chi connectivity index (χ1n) is 6.04. The second-order valence-corrected chi connectivity index (χ2v) is 6.36. The number of hydrogen-bond acceptors (Lipinski definition) is 1. The topological polar surface area (TPSA) is 9.23 Å². The Morgan fingerprint density at radius 3 is 2.60 bits per heavy atom. The predicted octanol–water partition coefficient (Wildman–Crippen LogP) is 6.08. The summed E-state index contributed by atoms with van der Waals surface area (Å²) in [6.07, 6.45) is 0. The van der Waals surface area contributed by atoms with Crippen molar-refractivity contribution >= 4 is 43.5 Å². The van der Waals surface area contributed by atoms with Crippen molar-refractivity contribution in [1.82, 2.24) is 0 Å². The summed E-state index contributed by atoms with van der Waals surface area (Å²) in [4.78, 5) is 0. The first kappa shape index (κ1) is 15.8. The molecule has 0 N–H and O–H groups in total. The highest BCUT2D eigenvalue weighted by molar-refractivity contribution is 9.10. The van der Waals surface area contributed by atoms with Gasteiger partial charge in [0.2, 0.25) is 0 Å². The van der Waals surface area contributed by atoms with Crippen LogP contribution >= 0.6 is 43.5 Å². The average Bonchev–Trinajstić information content (AvgIpc) is 2.43. The number of hydrogen-bond donors (Lipinski definition) is 0. The summed E-state index contributed by atoms with van der Waals surface area (Å²) in [5.41, 5.74) is 1.50. The summed E-state index contributed by atoms with van der Waals surface area (Å²) < 4.78 is 20.5. The van der Waals surface area contributed by atoms with Gasteiger partial charge in [0.15, 0.2) is 0 Å². The Hall–Kier alpha value is -0.580. The minimum absolute atomic E-state index is 0.332. The van der Waals surface area contributed by atoms with E-state index in [0.717, 1.165) is 10.0 Å². The Labute approximate surface area is 139 Å². The molecule has 0 spiro atoms. The highest BCUT2D eigenvalue weighted by Crippen LogP contribution is 2.37. The minimum Gasteiger partial charge on any atom is -0.494 e. The van der Waals surface area contributed by atoms with Crippen LogP contribution in [-0.4, -0.2) is 6.61 Å². The maximum absolute atomic E-state index is 13.6. The van der Waals surface area contributed by atoms with E-state index in [2.05, 4.69) is 31.9 Å². The molecule has 5 heteroatoms. The van der Waals surface area contributed by atoms with Gasteiger partial charge in [0.25, 0.3) is 0 Å². The van der Waals surface area contributed by atoms with Crippen LogP contribution in [-0.2, 0) is 0 Å². The van der Waals surface area contributed by atoms with Crippen molar-refractivity contribution in [3.8, 4) is 5.75 Å². The molecule has 1 atom stereocenters. The number of alkyl halides is 1. The van der Waals surface area contributed by atoms with Crippen molar-refractivity contribution in [3.05, 3.63) is 62.3 Å². The van der Waals surface area contributed by atoms with Gasteiger partial charge < -0.3 is 4.74 Å². The van der Waals surface area contributed by atoms with Crippen molar-refractivity contribution in [2.45, 2.75) is 12.3 Å².